The van der Waals surface area contributed by atoms with Crippen molar-refractivity contribution in [3.8, 4) is 5.75 Å². The molecule has 0 aromatic heterocycles. The highest BCUT2D eigenvalue weighted by Crippen LogP contribution is 2.64. The van der Waals surface area contributed by atoms with Gasteiger partial charge in [0.25, 0.3) is 0 Å². The fraction of sp³-hybridized carbons (Fsp3) is 0.355. The molecule has 3 atom stereocenters. The Morgan fingerprint density at radius 3 is 1.91 bits per heavy atom. The number of carbonyl (C=O) groups is 1. The summed E-state index contributed by atoms with van der Waals surface area (Å²) < 4.78 is 77.5. The Morgan fingerprint density at radius 1 is 0.932 bits per heavy atom. The van der Waals surface area contributed by atoms with E-state index in [0.29, 0.717) is 11.1 Å². The SMILES string of the molecule is CCOP(=O)(OCC)C(F)(F)[C@@H](NS(=O)C(C)(C)C)[C@H](N=C(c1ccccc1)c1ccccc1)C(=O)Oc1cccc(Cl)c1. The number of hydrogen-bond acceptors (Lipinski definition) is 7. The zero-order chi connectivity index (χ0) is 32.5. The zero-order valence-electron chi connectivity index (χ0n) is 25.0. The van der Waals surface area contributed by atoms with Crippen molar-refractivity contribution in [2.75, 3.05) is 13.2 Å². The molecule has 0 amide bonds. The summed E-state index contributed by atoms with van der Waals surface area (Å²) >= 11 is 6.07. The second kappa shape index (κ2) is 15.5. The molecular formula is C31H36ClF2N2O6PS. The van der Waals surface area contributed by atoms with Crippen molar-refractivity contribution in [3.63, 3.8) is 0 Å². The molecule has 238 valence electrons. The monoisotopic (exact) mass is 668 g/mol. The van der Waals surface area contributed by atoms with Gasteiger partial charge < -0.3 is 13.8 Å². The lowest BCUT2D eigenvalue weighted by Crippen LogP contribution is -2.58. The van der Waals surface area contributed by atoms with Crippen LogP contribution >= 0.6 is 19.2 Å². The van der Waals surface area contributed by atoms with Crippen LogP contribution in [-0.2, 0) is 29.4 Å². The van der Waals surface area contributed by atoms with Gasteiger partial charge in [-0.1, -0.05) is 78.3 Å². The topological polar surface area (TPSA) is 103 Å². The smallest absolute Gasteiger partial charge is 0.401 e. The molecule has 0 aliphatic carbocycles. The number of esters is 1. The van der Waals surface area contributed by atoms with Crippen LogP contribution in [0.5, 0.6) is 5.75 Å². The van der Waals surface area contributed by atoms with Gasteiger partial charge in [-0.25, -0.2) is 13.7 Å². The fourth-order valence-corrected chi connectivity index (χ4v) is 6.73. The lowest BCUT2D eigenvalue weighted by atomic mass is 10.0. The van der Waals surface area contributed by atoms with Gasteiger partial charge in [0, 0.05) is 16.1 Å². The number of halogens is 3. The van der Waals surface area contributed by atoms with Gasteiger partial charge in [0.15, 0.2) is 6.04 Å². The summed E-state index contributed by atoms with van der Waals surface area (Å²) in [5, 5.41) is 0.232. The van der Waals surface area contributed by atoms with E-state index in [1.165, 1.54) is 32.0 Å². The number of benzene rings is 3. The van der Waals surface area contributed by atoms with E-state index in [1.807, 2.05) is 0 Å². The van der Waals surface area contributed by atoms with Gasteiger partial charge in [-0.2, -0.15) is 8.78 Å². The number of alkyl halides is 2. The van der Waals surface area contributed by atoms with Gasteiger partial charge >= 0.3 is 19.2 Å². The molecule has 0 radical (unpaired) electrons. The normalized spacial score (nSPS) is 14.4. The second-order valence-corrected chi connectivity index (χ2v) is 15.0. The Kier molecular flexibility index (Phi) is 12.5. The summed E-state index contributed by atoms with van der Waals surface area (Å²) in [5.74, 6) is -1.29. The van der Waals surface area contributed by atoms with E-state index in [1.54, 1.807) is 87.5 Å². The second-order valence-electron chi connectivity index (χ2n) is 10.4. The molecule has 8 nitrogen and oxygen atoms in total. The molecule has 3 rings (SSSR count). The van der Waals surface area contributed by atoms with Crippen LogP contribution in [0.4, 0.5) is 8.78 Å². The Hall–Kier alpha value is -2.79. The summed E-state index contributed by atoms with van der Waals surface area (Å²) in [4.78, 5) is 18.5. The number of aliphatic imine (C=N–C) groups is 1. The van der Waals surface area contributed by atoms with Crippen LogP contribution in [0.25, 0.3) is 0 Å². The van der Waals surface area contributed by atoms with Gasteiger partial charge in [-0.15, -0.1) is 0 Å². The van der Waals surface area contributed by atoms with Gasteiger partial charge in [0.1, 0.15) is 11.8 Å². The maximum Gasteiger partial charge on any atom is 0.401 e. The predicted molar refractivity (Wildman–Crippen MR) is 170 cm³/mol. The van der Waals surface area contributed by atoms with Crippen LogP contribution in [0.1, 0.15) is 45.7 Å². The van der Waals surface area contributed by atoms with E-state index in [9.17, 15) is 13.6 Å². The molecule has 1 unspecified atom stereocenters. The van der Waals surface area contributed by atoms with Crippen LogP contribution in [-0.4, -0.2) is 51.6 Å². The minimum atomic E-state index is -5.29. The summed E-state index contributed by atoms with van der Waals surface area (Å²) in [6.07, 6.45) is 0. The molecule has 1 N–H and O–H groups in total. The van der Waals surface area contributed by atoms with Crippen molar-refractivity contribution in [1.82, 2.24) is 4.72 Å². The number of hydrogen-bond donors (Lipinski definition) is 1. The molecule has 0 saturated heterocycles. The quantitative estimate of drug-likeness (QED) is 0.0830. The summed E-state index contributed by atoms with van der Waals surface area (Å²) in [7, 11) is -7.49. The van der Waals surface area contributed by atoms with E-state index >= 15 is 8.78 Å². The van der Waals surface area contributed by atoms with Crippen molar-refractivity contribution in [2.45, 2.75) is 57.1 Å². The first-order chi connectivity index (χ1) is 20.7. The van der Waals surface area contributed by atoms with Crippen LogP contribution < -0.4 is 9.46 Å². The van der Waals surface area contributed by atoms with E-state index in [2.05, 4.69) is 9.71 Å². The fourth-order valence-electron chi connectivity index (χ4n) is 3.95. The van der Waals surface area contributed by atoms with Crippen LogP contribution in [0, 0.1) is 0 Å². The number of nitrogens with one attached hydrogen (secondary N) is 1. The maximum absolute atomic E-state index is 16.7. The highest BCUT2D eigenvalue weighted by molar-refractivity contribution is 7.84. The third kappa shape index (κ3) is 8.90. The molecule has 0 fully saturated rings. The maximum atomic E-state index is 16.7. The van der Waals surface area contributed by atoms with Gasteiger partial charge in [0.05, 0.1) is 34.7 Å². The molecular weight excluding hydrogens is 633 g/mol. The highest BCUT2D eigenvalue weighted by atomic mass is 35.5. The molecule has 3 aromatic carbocycles. The lowest BCUT2D eigenvalue weighted by Gasteiger charge is -2.36. The number of nitrogens with zero attached hydrogens (tertiary/aromatic N) is 1. The van der Waals surface area contributed by atoms with Gasteiger partial charge in [0.2, 0.25) is 0 Å². The van der Waals surface area contributed by atoms with Crippen molar-refractivity contribution >= 4 is 41.9 Å². The molecule has 0 saturated carbocycles. The number of rotatable bonds is 14. The lowest BCUT2D eigenvalue weighted by molar-refractivity contribution is -0.138. The van der Waals surface area contributed by atoms with Crippen molar-refractivity contribution in [3.05, 3.63) is 101 Å². The third-order valence-electron chi connectivity index (χ3n) is 6.06. The number of carbonyl (C=O) groups excluding carboxylic acids is 1. The summed E-state index contributed by atoms with van der Waals surface area (Å²) in [6, 6.07) is 18.4. The molecule has 0 aliphatic rings. The minimum absolute atomic E-state index is 0.0412. The van der Waals surface area contributed by atoms with E-state index in [0.717, 1.165) is 0 Å². The zero-order valence-corrected chi connectivity index (χ0v) is 27.5. The third-order valence-corrected chi connectivity index (χ3v) is 10.1. The molecule has 44 heavy (non-hydrogen) atoms. The van der Waals surface area contributed by atoms with E-state index in [-0.39, 0.29) is 29.7 Å². The van der Waals surface area contributed by atoms with Crippen molar-refractivity contribution < 1.29 is 36.1 Å². The number of ether oxygens (including phenoxy) is 1. The van der Waals surface area contributed by atoms with Gasteiger partial charge in [-0.3, -0.25) is 9.56 Å². The Labute approximate surface area is 264 Å². The Morgan fingerprint density at radius 2 is 1.45 bits per heavy atom. The molecule has 0 bridgehead atoms. The van der Waals surface area contributed by atoms with E-state index in [4.69, 9.17) is 25.4 Å². The van der Waals surface area contributed by atoms with Crippen LogP contribution in [0.3, 0.4) is 0 Å². The molecule has 13 heteroatoms. The molecule has 0 aliphatic heterocycles. The first-order valence-electron chi connectivity index (χ1n) is 13.8. The predicted octanol–water partition coefficient (Wildman–Crippen LogP) is 7.43. The first kappa shape index (κ1) is 35.7. The molecule has 3 aromatic rings. The molecule has 0 spiro atoms. The highest BCUT2D eigenvalue weighted by Gasteiger charge is 2.63. The van der Waals surface area contributed by atoms with Gasteiger partial charge in [-0.05, 0) is 52.8 Å². The molecule has 0 heterocycles. The average Bonchev–Trinajstić information content (AvgIpc) is 2.97. The largest absolute Gasteiger partial charge is 0.425 e. The van der Waals surface area contributed by atoms with Crippen molar-refractivity contribution in [1.29, 1.82) is 0 Å². The minimum Gasteiger partial charge on any atom is -0.425 e. The standard InChI is InChI=1S/C31H36ClF2N2O6PS/c1-6-40-43(38,41-7-2)31(33,34)28(36-44(39)30(3,4)5)27(29(37)42-25-20-14-19-24(32)21-25)35-26(22-15-10-8-11-16-22)23-17-12-9-13-18-23/h8-21,27-28,36H,6-7H2,1-5H3/t27-,28-,44?/m0/s1. The van der Waals surface area contributed by atoms with Crippen molar-refractivity contribution in [2.24, 2.45) is 4.99 Å². The van der Waals surface area contributed by atoms with Crippen LogP contribution in [0.15, 0.2) is 89.9 Å². The summed E-state index contributed by atoms with van der Waals surface area (Å²) in [5.41, 5.74) is -3.28. The Bertz CT molecular complexity index is 1450. The first-order valence-corrected chi connectivity index (χ1v) is 16.9. The Balaban J connectivity index is 2.35. The van der Waals surface area contributed by atoms with E-state index < -0.39 is 47.0 Å². The van der Waals surface area contributed by atoms with Crippen LogP contribution in [0.2, 0.25) is 5.02 Å². The average molecular weight is 669 g/mol. The summed E-state index contributed by atoms with van der Waals surface area (Å²) in [6.45, 7) is 6.64.